The Hall–Kier alpha value is -1.90. The number of halogens is 1. The SMILES string of the molecule is CC1CN(C(=O)c2cc(C#CCO)ccc2F)CCN1C. The minimum Gasteiger partial charge on any atom is -0.384 e. The molecule has 1 aromatic rings. The molecule has 1 fully saturated rings. The Morgan fingerprint density at radius 2 is 2.24 bits per heavy atom. The summed E-state index contributed by atoms with van der Waals surface area (Å²) in [5.41, 5.74) is 0.562. The van der Waals surface area contributed by atoms with E-state index in [9.17, 15) is 9.18 Å². The standard InChI is InChI=1S/C16H19FN2O2/c1-12-11-19(8-7-18(12)2)16(21)14-10-13(4-3-9-20)5-6-15(14)17/h5-6,10,12,20H,7-9,11H2,1-2H3. The molecular formula is C16H19FN2O2. The van der Waals surface area contributed by atoms with Crippen LogP contribution in [0.4, 0.5) is 4.39 Å². The van der Waals surface area contributed by atoms with Gasteiger partial charge >= 0.3 is 0 Å². The first-order valence-electron chi connectivity index (χ1n) is 6.91. The third kappa shape index (κ3) is 3.60. The fraction of sp³-hybridized carbons (Fsp3) is 0.438. The minimum atomic E-state index is -0.541. The number of rotatable bonds is 1. The molecule has 1 saturated heterocycles. The van der Waals surface area contributed by atoms with Crippen molar-refractivity contribution in [2.75, 3.05) is 33.3 Å². The van der Waals surface area contributed by atoms with Crippen molar-refractivity contribution in [2.45, 2.75) is 13.0 Å². The molecule has 0 aliphatic carbocycles. The first kappa shape index (κ1) is 15.5. The van der Waals surface area contributed by atoms with Gasteiger partial charge in [0.05, 0.1) is 5.56 Å². The second kappa shape index (κ2) is 6.70. The second-order valence-electron chi connectivity index (χ2n) is 5.24. The van der Waals surface area contributed by atoms with Crippen molar-refractivity contribution in [3.8, 4) is 11.8 Å². The van der Waals surface area contributed by atoms with Crippen molar-refractivity contribution in [1.29, 1.82) is 0 Å². The molecule has 5 heteroatoms. The van der Waals surface area contributed by atoms with E-state index in [1.165, 1.54) is 18.2 Å². The Bertz CT molecular complexity index is 592. The summed E-state index contributed by atoms with van der Waals surface area (Å²) in [4.78, 5) is 16.3. The molecule has 1 heterocycles. The first-order valence-corrected chi connectivity index (χ1v) is 6.91. The first-order chi connectivity index (χ1) is 10.0. The van der Waals surface area contributed by atoms with Crippen molar-refractivity contribution in [3.05, 3.63) is 35.1 Å². The van der Waals surface area contributed by atoms with E-state index in [0.717, 1.165) is 6.54 Å². The Morgan fingerprint density at radius 1 is 1.48 bits per heavy atom. The summed E-state index contributed by atoms with van der Waals surface area (Å²) in [6.07, 6.45) is 0. The Morgan fingerprint density at radius 3 is 2.90 bits per heavy atom. The van der Waals surface area contributed by atoms with E-state index in [-0.39, 0.29) is 24.1 Å². The highest BCUT2D eigenvalue weighted by Gasteiger charge is 2.26. The van der Waals surface area contributed by atoms with Crippen LogP contribution in [0.15, 0.2) is 18.2 Å². The van der Waals surface area contributed by atoms with Gasteiger partial charge in [0.2, 0.25) is 0 Å². The highest BCUT2D eigenvalue weighted by molar-refractivity contribution is 5.95. The Kier molecular flexibility index (Phi) is 4.94. The van der Waals surface area contributed by atoms with Gasteiger partial charge in [-0.1, -0.05) is 11.8 Å². The molecule has 112 valence electrons. The maximum Gasteiger partial charge on any atom is 0.256 e. The van der Waals surface area contributed by atoms with Crippen LogP contribution < -0.4 is 0 Å². The van der Waals surface area contributed by atoms with Gasteiger partial charge in [0.25, 0.3) is 5.91 Å². The van der Waals surface area contributed by atoms with Crippen LogP contribution in [0.3, 0.4) is 0 Å². The zero-order valence-corrected chi connectivity index (χ0v) is 12.3. The van der Waals surface area contributed by atoms with Crippen LogP contribution in [0.5, 0.6) is 0 Å². The van der Waals surface area contributed by atoms with Crippen molar-refractivity contribution >= 4 is 5.91 Å². The lowest BCUT2D eigenvalue weighted by Gasteiger charge is -2.37. The smallest absolute Gasteiger partial charge is 0.256 e. The van der Waals surface area contributed by atoms with Crippen molar-refractivity contribution in [2.24, 2.45) is 0 Å². The number of hydrogen-bond donors (Lipinski definition) is 1. The van der Waals surface area contributed by atoms with Crippen LogP contribution >= 0.6 is 0 Å². The van der Waals surface area contributed by atoms with Crippen LogP contribution in [0.1, 0.15) is 22.8 Å². The van der Waals surface area contributed by atoms with Crippen LogP contribution in [0.25, 0.3) is 0 Å². The number of piperazine rings is 1. The molecule has 1 unspecified atom stereocenters. The lowest BCUT2D eigenvalue weighted by molar-refractivity contribution is 0.0568. The average Bonchev–Trinajstić information content (AvgIpc) is 2.48. The minimum absolute atomic E-state index is 0.0384. The predicted molar refractivity (Wildman–Crippen MR) is 78.4 cm³/mol. The van der Waals surface area contributed by atoms with Gasteiger partial charge in [-0.3, -0.25) is 4.79 Å². The molecule has 1 N–H and O–H groups in total. The van der Waals surface area contributed by atoms with Crippen molar-refractivity contribution in [1.82, 2.24) is 9.80 Å². The van der Waals surface area contributed by atoms with E-state index in [1.807, 2.05) is 14.0 Å². The maximum atomic E-state index is 13.9. The van der Waals surface area contributed by atoms with Crippen LogP contribution in [0, 0.1) is 17.7 Å². The number of nitrogens with zero attached hydrogens (tertiary/aromatic N) is 2. The summed E-state index contributed by atoms with van der Waals surface area (Å²) >= 11 is 0. The second-order valence-corrected chi connectivity index (χ2v) is 5.24. The van der Waals surface area contributed by atoms with E-state index in [0.29, 0.717) is 18.7 Å². The van der Waals surface area contributed by atoms with Crippen molar-refractivity contribution in [3.63, 3.8) is 0 Å². The maximum absolute atomic E-state index is 13.9. The molecule has 0 radical (unpaired) electrons. The fourth-order valence-corrected chi connectivity index (χ4v) is 2.31. The largest absolute Gasteiger partial charge is 0.384 e. The monoisotopic (exact) mass is 290 g/mol. The van der Waals surface area contributed by atoms with Gasteiger partial charge < -0.3 is 14.9 Å². The predicted octanol–water partition coefficient (Wildman–Crippen LogP) is 0.946. The van der Waals surface area contributed by atoms with Gasteiger partial charge in [-0.25, -0.2) is 4.39 Å². The van der Waals surface area contributed by atoms with Crippen LogP contribution in [-0.4, -0.2) is 60.1 Å². The average molecular weight is 290 g/mol. The molecule has 1 atom stereocenters. The van der Waals surface area contributed by atoms with E-state index in [4.69, 9.17) is 5.11 Å². The van der Waals surface area contributed by atoms with Gasteiger partial charge in [-0.2, -0.15) is 0 Å². The molecule has 1 aliphatic heterocycles. The number of benzene rings is 1. The molecule has 0 aromatic heterocycles. The van der Waals surface area contributed by atoms with E-state index < -0.39 is 5.82 Å². The summed E-state index contributed by atoms with van der Waals surface area (Å²) < 4.78 is 13.9. The highest BCUT2D eigenvalue weighted by Crippen LogP contribution is 2.16. The summed E-state index contributed by atoms with van der Waals surface area (Å²) in [5.74, 6) is 4.34. The molecule has 0 spiro atoms. The molecule has 4 nitrogen and oxygen atoms in total. The number of amides is 1. The lowest BCUT2D eigenvalue weighted by Crippen LogP contribution is -2.52. The zero-order chi connectivity index (χ0) is 15.4. The topological polar surface area (TPSA) is 43.8 Å². The quantitative estimate of drug-likeness (QED) is 0.783. The summed E-state index contributed by atoms with van der Waals surface area (Å²) in [6, 6.07) is 4.45. The number of aliphatic hydroxyl groups excluding tert-OH is 1. The summed E-state index contributed by atoms with van der Waals surface area (Å²) in [5, 5.41) is 8.69. The molecule has 0 bridgehead atoms. The zero-order valence-electron chi connectivity index (χ0n) is 12.3. The molecule has 1 amide bonds. The van der Waals surface area contributed by atoms with E-state index >= 15 is 0 Å². The van der Waals surface area contributed by atoms with Gasteiger partial charge in [0.15, 0.2) is 0 Å². The number of hydrogen-bond acceptors (Lipinski definition) is 3. The fourth-order valence-electron chi connectivity index (χ4n) is 2.31. The number of likely N-dealkylation sites (N-methyl/N-ethyl adjacent to an activating group) is 1. The van der Waals surface area contributed by atoms with Crippen molar-refractivity contribution < 1.29 is 14.3 Å². The Labute approximate surface area is 124 Å². The number of carbonyl (C=O) groups excluding carboxylic acids is 1. The van der Waals surface area contributed by atoms with Gasteiger partial charge in [0, 0.05) is 31.2 Å². The normalized spacial score (nSPS) is 19.0. The lowest BCUT2D eigenvalue weighted by atomic mass is 10.1. The molecular weight excluding hydrogens is 271 g/mol. The number of carbonyl (C=O) groups is 1. The molecule has 0 saturated carbocycles. The van der Waals surface area contributed by atoms with Crippen LogP contribution in [0.2, 0.25) is 0 Å². The third-order valence-corrected chi connectivity index (χ3v) is 3.76. The van der Waals surface area contributed by atoms with Gasteiger partial charge in [0.1, 0.15) is 12.4 Å². The van der Waals surface area contributed by atoms with Gasteiger partial charge in [-0.15, -0.1) is 0 Å². The van der Waals surface area contributed by atoms with E-state index in [1.54, 1.807) is 4.90 Å². The molecule has 1 aliphatic rings. The molecule has 21 heavy (non-hydrogen) atoms. The molecule has 1 aromatic carbocycles. The van der Waals surface area contributed by atoms with Crippen LogP contribution in [-0.2, 0) is 0 Å². The number of aliphatic hydroxyl groups is 1. The molecule has 2 rings (SSSR count). The summed E-state index contributed by atoms with van der Waals surface area (Å²) in [7, 11) is 2.01. The van der Waals surface area contributed by atoms with E-state index in [2.05, 4.69) is 16.7 Å². The van der Waals surface area contributed by atoms with Gasteiger partial charge in [-0.05, 0) is 32.2 Å². The highest BCUT2D eigenvalue weighted by atomic mass is 19.1. The summed E-state index contributed by atoms with van der Waals surface area (Å²) in [6.45, 7) is 3.72. The Balaban J connectivity index is 2.22. The third-order valence-electron chi connectivity index (χ3n) is 3.76.